The zero-order chi connectivity index (χ0) is 12.7. The van der Waals surface area contributed by atoms with Crippen molar-refractivity contribution in [1.29, 1.82) is 0 Å². The molecule has 1 saturated carbocycles. The molecule has 0 N–H and O–H groups in total. The molecule has 1 atom stereocenters. The molecule has 0 amide bonds. The van der Waals surface area contributed by atoms with Crippen LogP contribution in [0.2, 0.25) is 0 Å². The van der Waals surface area contributed by atoms with E-state index in [0.29, 0.717) is 6.61 Å². The maximum atomic E-state index is 11.7. The second-order valence-corrected chi connectivity index (χ2v) is 4.61. The van der Waals surface area contributed by atoms with E-state index in [1.165, 1.54) is 6.42 Å². The van der Waals surface area contributed by atoms with Crippen molar-refractivity contribution in [1.82, 2.24) is 0 Å². The molecule has 1 rings (SSSR count). The highest BCUT2D eigenvalue weighted by Crippen LogP contribution is 2.21. The Morgan fingerprint density at radius 2 is 1.88 bits per heavy atom. The maximum absolute atomic E-state index is 11.7. The van der Waals surface area contributed by atoms with E-state index in [-0.39, 0.29) is 24.5 Å². The van der Waals surface area contributed by atoms with Gasteiger partial charge in [0.2, 0.25) is 0 Å². The Labute approximate surface area is 103 Å². The summed E-state index contributed by atoms with van der Waals surface area (Å²) in [5.41, 5.74) is 0. The average molecular weight is 242 g/mol. The third-order valence-electron chi connectivity index (χ3n) is 3.02. The Hall–Kier alpha value is -1.06. The van der Waals surface area contributed by atoms with Gasteiger partial charge in [-0.2, -0.15) is 0 Å². The second-order valence-electron chi connectivity index (χ2n) is 4.61. The highest BCUT2D eigenvalue weighted by Gasteiger charge is 2.23. The van der Waals surface area contributed by atoms with E-state index in [4.69, 9.17) is 9.47 Å². The lowest BCUT2D eigenvalue weighted by atomic mass is 9.97. The van der Waals surface area contributed by atoms with Gasteiger partial charge >= 0.3 is 11.9 Å². The average Bonchev–Trinajstić information content (AvgIpc) is 2.30. The molecule has 4 nitrogen and oxygen atoms in total. The molecule has 0 bridgehead atoms. The molecule has 1 fully saturated rings. The van der Waals surface area contributed by atoms with Gasteiger partial charge in [-0.15, -0.1) is 0 Å². The van der Waals surface area contributed by atoms with E-state index in [1.807, 2.05) is 0 Å². The summed E-state index contributed by atoms with van der Waals surface area (Å²) in [6.07, 6.45) is 5.57. The molecule has 4 heteroatoms. The van der Waals surface area contributed by atoms with E-state index in [2.05, 4.69) is 0 Å². The van der Waals surface area contributed by atoms with Crippen LogP contribution in [0.3, 0.4) is 0 Å². The number of ether oxygens (including phenoxy) is 2. The molecular formula is C13H22O4. The summed E-state index contributed by atoms with van der Waals surface area (Å²) < 4.78 is 10.2. The number of carbonyl (C=O) groups excluding carboxylic acids is 2. The summed E-state index contributed by atoms with van der Waals surface area (Å²) in [6, 6.07) is 0. The van der Waals surface area contributed by atoms with Crippen LogP contribution in [0.4, 0.5) is 0 Å². The molecule has 98 valence electrons. The molecule has 17 heavy (non-hydrogen) atoms. The fourth-order valence-electron chi connectivity index (χ4n) is 2.02. The summed E-state index contributed by atoms with van der Waals surface area (Å²) in [6.45, 7) is 3.81. The summed E-state index contributed by atoms with van der Waals surface area (Å²) >= 11 is 0. The molecule has 0 radical (unpaired) electrons. The zero-order valence-electron chi connectivity index (χ0n) is 10.7. The van der Waals surface area contributed by atoms with Gasteiger partial charge in [0.1, 0.15) is 6.10 Å². The Bertz CT molecular complexity index is 256. The fraction of sp³-hybridized carbons (Fsp3) is 0.846. The maximum Gasteiger partial charge on any atom is 0.309 e. The molecule has 1 aliphatic rings. The van der Waals surface area contributed by atoms with Gasteiger partial charge in [0, 0.05) is 0 Å². The fourth-order valence-corrected chi connectivity index (χ4v) is 2.02. The number of hydrogen-bond donors (Lipinski definition) is 0. The monoisotopic (exact) mass is 242 g/mol. The number of esters is 2. The van der Waals surface area contributed by atoms with Crippen molar-refractivity contribution in [2.75, 3.05) is 6.61 Å². The van der Waals surface area contributed by atoms with Gasteiger partial charge in [0.05, 0.1) is 18.9 Å². The SMILES string of the molecule is CCOC(=O)CC(C)C(=O)OC1CCCCC1. The summed E-state index contributed by atoms with van der Waals surface area (Å²) in [7, 11) is 0. The van der Waals surface area contributed by atoms with E-state index in [0.717, 1.165) is 25.7 Å². The lowest BCUT2D eigenvalue weighted by Gasteiger charge is -2.23. The Balaban J connectivity index is 2.28. The van der Waals surface area contributed by atoms with Crippen LogP contribution in [0.15, 0.2) is 0 Å². The first-order valence-corrected chi connectivity index (χ1v) is 6.49. The van der Waals surface area contributed by atoms with Gasteiger partial charge in [0.25, 0.3) is 0 Å². The minimum Gasteiger partial charge on any atom is -0.466 e. The van der Waals surface area contributed by atoms with Crippen LogP contribution in [0.25, 0.3) is 0 Å². The van der Waals surface area contributed by atoms with E-state index in [9.17, 15) is 9.59 Å². The largest absolute Gasteiger partial charge is 0.466 e. The lowest BCUT2D eigenvalue weighted by Crippen LogP contribution is -2.26. The van der Waals surface area contributed by atoms with Gasteiger partial charge < -0.3 is 9.47 Å². The van der Waals surface area contributed by atoms with Crippen LogP contribution in [0, 0.1) is 5.92 Å². The molecule has 0 aromatic carbocycles. The van der Waals surface area contributed by atoms with E-state index in [1.54, 1.807) is 13.8 Å². The third-order valence-corrected chi connectivity index (χ3v) is 3.02. The van der Waals surface area contributed by atoms with Crippen molar-refractivity contribution >= 4 is 11.9 Å². The van der Waals surface area contributed by atoms with Crippen LogP contribution in [-0.2, 0) is 19.1 Å². The van der Waals surface area contributed by atoms with Crippen molar-refractivity contribution in [3.63, 3.8) is 0 Å². The van der Waals surface area contributed by atoms with E-state index < -0.39 is 5.92 Å². The summed E-state index contributed by atoms with van der Waals surface area (Å²) in [5.74, 6) is -1.01. The summed E-state index contributed by atoms with van der Waals surface area (Å²) in [5, 5.41) is 0. The predicted octanol–water partition coefficient (Wildman–Crippen LogP) is 2.45. The van der Waals surface area contributed by atoms with Gasteiger partial charge in [-0.25, -0.2) is 0 Å². The van der Waals surface area contributed by atoms with Crippen molar-refractivity contribution in [3.8, 4) is 0 Å². The van der Waals surface area contributed by atoms with Crippen molar-refractivity contribution in [3.05, 3.63) is 0 Å². The molecule has 0 aliphatic heterocycles. The quantitative estimate of drug-likeness (QED) is 0.695. The van der Waals surface area contributed by atoms with Gasteiger partial charge in [0.15, 0.2) is 0 Å². The Kier molecular flexibility index (Phi) is 6.01. The van der Waals surface area contributed by atoms with E-state index >= 15 is 0 Å². The second kappa shape index (κ2) is 7.30. The molecule has 1 unspecified atom stereocenters. The first kappa shape index (κ1) is 14.0. The minimum absolute atomic E-state index is 0.0564. The van der Waals surface area contributed by atoms with Crippen molar-refractivity contribution in [2.45, 2.75) is 58.5 Å². The standard InChI is InChI=1S/C13H22O4/c1-3-16-12(14)9-10(2)13(15)17-11-7-5-4-6-8-11/h10-11H,3-9H2,1-2H3. The van der Waals surface area contributed by atoms with Crippen LogP contribution in [0.1, 0.15) is 52.4 Å². The minimum atomic E-state index is -0.407. The third kappa shape index (κ3) is 5.20. The number of rotatable bonds is 5. The first-order valence-electron chi connectivity index (χ1n) is 6.49. The van der Waals surface area contributed by atoms with Crippen LogP contribution < -0.4 is 0 Å². The zero-order valence-corrected chi connectivity index (χ0v) is 10.7. The Morgan fingerprint density at radius 3 is 2.47 bits per heavy atom. The first-order chi connectivity index (χ1) is 8.13. The van der Waals surface area contributed by atoms with Crippen LogP contribution in [-0.4, -0.2) is 24.6 Å². The van der Waals surface area contributed by atoms with Gasteiger partial charge in [-0.1, -0.05) is 13.3 Å². The molecule has 1 aliphatic carbocycles. The summed E-state index contributed by atoms with van der Waals surface area (Å²) in [4.78, 5) is 22.9. The smallest absolute Gasteiger partial charge is 0.309 e. The number of hydrogen-bond acceptors (Lipinski definition) is 4. The van der Waals surface area contributed by atoms with Crippen LogP contribution >= 0.6 is 0 Å². The van der Waals surface area contributed by atoms with Crippen molar-refractivity contribution in [2.24, 2.45) is 5.92 Å². The lowest BCUT2D eigenvalue weighted by molar-refractivity contribution is -0.159. The predicted molar refractivity (Wildman–Crippen MR) is 63.4 cm³/mol. The molecule has 0 aromatic heterocycles. The van der Waals surface area contributed by atoms with Gasteiger partial charge in [-0.3, -0.25) is 9.59 Å². The molecular weight excluding hydrogens is 220 g/mol. The molecule has 0 heterocycles. The number of carbonyl (C=O) groups is 2. The van der Waals surface area contributed by atoms with Crippen LogP contribution in [0.5, 0.6) is 0 Å². The molecule has 0 spiro atoms. The van der Waals surface area contributed by atoms with Gasteiger partial charge in [-0.05, 0) is 32.6 Å². The van der Waals surface area contributed by atoms with Crippen molar-refractivity contribution < 1.29 is 19.1 Å². The highest BCUT2D eigenvalue weighted by molar-refractivity contribution is 5.79. The molecule has 0 aromatic rings. The highest BCUT2D eigenvalue weighted by atomic mass is 16.5. The normalized spacial score (nSPS) is 18.5. The molecule has 0 saturated heterocycles. The topological polar surface area (TPSA) is 52.6 Å². The Morgan fingerprint density at radius 1 is 1.24 bits per heavy atom.